The van der Waals surface area contributed by atoms with Crippen LogP contribution in [0.3, 0.4) is 0 Å². The van der Waals surface area contributed by atoms with E-state index in [2.05, 4.69) is 22.5 Å². The summed E-state index contributed by atoms with van der Waals surface area (Å²) in [4.78, 5) is 4.62. The molecule has 0 aromatic heterocycles. The summed E-state index contributed by atoms with van der Waals surface area (Å²) in [5, 5.41) is 7.79. The van der Waals surface area contributed by atoms with E-state index in [0.717, 1.165) is 57.3 Å². The normalized spacial score (nSPS) is 18.8. The lowest BCUT2D eigenvalue weighted by atomic mass is 10.1. The second-order valence-electron chi connectivity index (χ2n) is 6.46. The van der Waals surface area contributed by atoms with E-state index >= 15 is 0 Å². The van der Waals surface area contributed by atoms with E-state index in [4.69, 9.17) is 32.7 Å². The lowest BCUT2D eigenvalue weighted by Gasteiger charge is -2.18. The first-order chi connectivity index (χ1) is 12.6. The molecule has 7 heteroatoms. The van der Waals surface area contributed by atoms with Gasteiger partial charge in [0.05, 0.1) is 29.3 Å². The summed E-state index contributed by atoms with van der Waals surface area (Å²) in [6.45, 7) is 8.85. The van der Waals surface area contributed by atoms with Gasteiger partial charge in [-0.3, -0.25) is 4.99 Å². The minimum atomic E-state index is 0.0705. The number of nitrogens with one attached hydrogen (secondary N) is 2. The lowest BCUT2D eigenvalue weighted by Crippen LogP contribution is -2.38. The van der Waals surface area contributed by atoms with Gasteiger partial charge in [-0.2, -0.15) is 0 Å². The molecular weight excluding hydrogens is 373 g/mol. The topological polar surface area (TPSA) is 54.9 Å². The SMILES string of the molecule is CCNC(=NCCCOCC1CCOC1)NC(C)c1ccc(Cl)c(Cl)c1. The summed E-state index contributed by atoms with van der Waals surface area (Å²) in [6, 6.07) is 5.73. The van der Waals surface area contributed by atoms with Gasteiger partial charge in [-0.05, 0) is 44.4 Å². The van der Waals surface area contributed by atoms with E-state index in [1.54, 1.807) is 0 Å². The van der Waals surface area contributed by atoms with Crippen LogP contribution >= 0.6 is 23.2 Å². The average Bonchev–Trinajstić information content (AvgIpc) is 3.13. The molecule has 2 atom stereocenters. The Balaban J connectivity index is 1.74. The van der Waals surface area contributed by atoms with Crippen LogP contribution in [0.25, 0.3) is 0 Å². The highest BCUT2D eigenvalue weighted by Gasteiger charge is 2.15. The van der Waals surface area contributed by atoms with Crippen LogP contribution in [0.2, 0.25) is 10.0 Å². The number of guanidine groups is 1. The molecule has 0 radical (unpaired) electrons. The van der Waals surface area contributed by atoms with Gasteiger partial charge >= 0.3 is 0 Å². The molecule has 0 amide bonds. The molecule has 1 fully saturated rings. The molecule has 1 saturated heterocycles. The standard InChI is InChI=1S/C19H29Cl2N3O2/c1-3-22-19(23-8-4-9-25-12-15-7-10-26-13-15)24-14(2)16-5-6-17(20)18(21)11-16/h5-6,11,14-15H,3-4,7-10,12-13H2,1-2H3,(H2,22,23,24). The molecule has 1 heterocycles. The second kappa shape index (κ2) is 11.7. The van der Waals surface area contributed by atoms with Crippen molar-refractivity contribution in [1.29, 1.82) is 0 Å². The molecule has 1 aromatic rings. The second-order valence-corrected chi connectivity index (χ2v) is 7.27. The van der Waals surface area contributed by atoms with Crippen LogP contribution in [-0.2, 0) is 9.47 Å². The van der Waals surface area contributed by atoms with E-state index in [9.17, 15) is 0 Å². The maximum atomic E-state index is 6.11. The third kappa shape index (κ3) is 7.31. The van der Waals surface area contributed by atoms with Gasteiger partial charge in [0.15, 0.2) is 5.96 Å². The van der Waals surface area contributed by atoms with Crippen LogP contribution in [0.1, 0.15) is 38.3 Å². The average molecular weight is 402 g/mol. The zero-order valence-corrected chi connectivity index (χ0v) is 17.1. The van der Waals surface area contributed by atoms with E-state index in [-0.39, 0.29) is 6.04 Å². The quantitative estimate of drug-likeness (QED) is 0.372. The Hall–Kier alpha value is -1.01. The number of nitrogens with zero attached hydrogens (tertiary/aromatic N) is 1. The molecular formula is C19H29Cl2N3O2. The smallest absolute Gasteiger partial charge is 0.191 e. The highest BCUT2D eigenvalue weighted by Crippen LogP contribution is 2.25. The van der Waals surface area contributed by atoms with Crippen molar-refractivity contribution in [1.82, 2.24) is 10.6 Å². The Bertz CT molecular complexity index is 578. The molecule has 2 rings (SSSR count). The van der Waals surface area contributed by atoms with Crippen LogP contribution in [-0.4, -0.2) is 45.5 Å². The van der Waals surface area contributed by atoms with Crippen molar-refractivity contribution in [3.8, 4) is 0 Å². The Labute approximate surface area is 166 Å². The van der Waals surface area contributed by atoms with E-state index < -0.39 is 0 Å². The van der Waals surface area contributed by atoms with Crippen molar-refractivity contribution in [3.05, 3.63) is 33.8 Å². The molecule has 0 saturated carbocycles. The van der Waals surface area contributed by atoms with Crippen molar-refractivity contribution in [3.63, 3.8) is 0 Å². The molecule has 1 aliphatic heterocycles. The van der Waals surface area contributed by atoms with Crippen LogP contribution in [0, 0.1) is 5.92 Å². The molecule has 2 N–H and O–H groups in total. The first-order valence-electron chi connectivity index (χ1n) is 9.25. The monoisotopic (exact) mass is 401 g/mol. The third-order valence-electron chi connectivity index (χ3n) is 4.24. The Morgan fingerprint density at radius 1 is 1.38 bits per heavy atom. The molecule has 5 nitrogen and oxygen atoms in total. The van der Waals surface area contributed by atoms with Gasteiger partial charge in [0.25, 0.3) is 0 Å². The van der Waals surface area contributed by atoms with Gasteiger partial charge in [0, 0.05) is 32.2 Å². The Morgan fingerprint density at radius 3 is 2.92 bits per heavy atom. The fourth-order valence-corrected chi connectivity index (χ4v) is 3.02. The van der Waals surface area contributed by atoms with Gasteiger partial charge in [-0.15, -0.1) is 0 Å². The predicted molar refractivity (Wildman–Crippen MR) is 108 cm³/mol. The number of hydrogen-bond donors (Lipinski definition) is 2. The zero-order chi connectivity index (χ0) is 18.8. The number of halogens is 2. The van der Waals surface area contributed by atoms with Gasteiger partial charge in [0.2, 0.25) is 0 Å². The first-order valence-corrected chi connectivity index (χ1v) is 10.0. The van der Waals surface area contributed by atoms with Crippen LogP contribution < -0.4 is 10.6 Å². The van der Waals surface area contributed by atoms with Crippen LogP contribution in [0.15, 0.2) is 23.2 Å². The van der Waals surface area contributed by atoms with Gasteiger partial charge < -0.3 is 20.1 Å². The Morgan fingerprint density at radius 2 is 2.23 bits per heavy atom. The molecule has 26 heavy (non-hydrogen) atoms. The molecule has 0 spiro atoms. The van der Waals surface area contributed by atoms with Crippen molar-refractivity contribution in [2.24, 2.45) is 10.9 Å². The Kier molecular flexibility index (Phi) is 9.54. The summed E-state index contributed by atoms with van der Waals surface area (Å²) < 4.78 is 11.1. The number of benzene rings is 1. The lowest BCUT2D eigenvalue weighted by molar-refractivity contribution is 0.0893. The first kappa shape index (κ1) is 21.3. The van der Waals surface area contributed by atoms with E-state index in [1.807, 2.05) is 25.1 Å². The largest absolute Gasteiger partial charge is 0.381 e. The van der Waals surface area contributed by atoms with E-state index in [0.29, 0.717) is 22.5 Å². The molecule has 0 aliphatic carbocycles. The van der Waals surface area contributed by atoms with Crippen molar-refractivity contribution in [2.45, 2.75) is 32.7 Å². The summed E-state index contributed by atoms with van der Waals surface area (Å²) in [6.07, 6.45) is 2.00. The zero-order valence-electron chi connectivity index (χ0n) is 15.6. The predicted octanol–water partition coefficient (Wildman–Crippen LogP) is 4.05. The highest BCUT2D eigenvalue weighted by molar-refractivity contribution is 6.42. The van der Waals surface area contributed by atoms with Gasteiger partial charge in [-0.1, -0.05) is 29.3 Å². The maximum absolute atomic E-state index is 6.11. The van der Waals surface area contributed by atoms with Crippen LogP contribution in [0.5, 0.6) is 0 Å². The van der Waals surface area contributed by atoms with Gasteiger partial charge in [0.1, 0.15) is 0 Å². The maximum Gasteiger partial charge on any atom is 0.191 e. The number of rotatable bonds is 9. The fraction of sp³-hybridized carbons (Fsp3) is 0.632. The fourth-order valence-electron chi connectivity index (χ4n) is 2.71. The van der Waals surface area contributed by atoms with Crippen LogP contribution in [0.4, 0.5) is 0 Å². The summed E-state index contributed by atoms with van der Waals surface area (Å²) in [5.41, 5.74) is 1.06. The molecule has 1 aromatic carbocycles. The number of ether oxygens (including phenoxy) is 2. The summed E-state index contributed by atoms with van der Waals surface area (Å²) >= 11 is 12.1. The van der Waals surface area contributed by atoms with E-state index in [1.165, 1.54) is 0 Å². The third-order valence-corrected chi connectivity index (χ3v) is 4.97. The highest BCUT2D eigenvalue weighted by atomic mass is 35.5. The van der Waals surface area contributed by atoms with Crippen molar-refractivity contribution < 1.29 is 9.47 Å². The summed E-state index contributed by atoms with van der Waals surface area (Å²) in [5.74, 6) is 1.35. The van der Waals surface area contributed by atoms with Gasteiger partial charge in [-0.25, -0.2) is 0 Å². The molecule has 1 aliphatic rings. The number of hydrogen-bond acceptors (Lipinski definition) is 3. The number of aliphatic imine (C=N–C) groups is 1. The molecule has 2 unspecified atom stereocenters. The van der Waals surface area contributed by atoms with Crippen molar-refractivity contribution >= 4 is 29.2 Å². The minimum absolute atomic E-state index is 0.0705. The summed E-state index contributed by atoms with van der Waals surface area (Å²) in [7, 11) is 0. The minimum Gasteiger partial charge on any atom is -0.381 e. The molecule has 146 valence electrons. The van der Waals surface area contributed by atoms with Crippen molar-refractivity contribution in [2.75, 3.05) is 39.5 Å². The molecule has 0 bridgehead atoms.